The normalized spacial score (nSPS) is 15.8. The molecule has 0 saturated carbocycles. The number of hydrogen-bond acceptors (Lipinski definition) is 1. The van der Waals surface area contributed by atoms with Crippen LogP contribution in [0.25, 0.3) is 0 Å². The van der Waals surface area contributed by atoms with Gasteiger partial charge >= 0.3 is 6.43 Å². The predicted molar refractivity (Wildman–Crippen MR) is 43.1 cm³/mol. The van der Waals surface area contributed by atoms with Crippen molar-refractivity contribution in [2.45, 2.75) is 39.7 Å². The molecule has 0 aliphatic heterocycles. The van der Waals surface area contributed by atoms with Gasteiger partial charge in [0.1, 0.15) is 0 Å². The zero-order valence-corrected chi connectivity index (χ0v) is 7.60. The van der Waals surface area contributed by atoms with Crippen LogP contribution < -0.4 is 5.32 Å². The van der Waals surface area contributed by atoms with E-state index >= 15 is 0 Å². The average molecular weight is 179 g/mol. The van der Waals surface area contributed by atoms with Crippen molar-refractivity contribution in [1.82, 2.24) is 5.32 Å². The number of hydrogen-bond donors (Lipinski definition) is 1. The van der Waals surface area contributed by atoms with Gasteiger partial charge in [-0.3, -0.25) is 4.79 Å². The molecule has 0 aromatic heterocycles. The molecule has 0 aliphatic carbocycles. The molecule has 0 saturated heterocycles. The third-order valence-corrected chi connectivity index (χ3v) is 2.07. The molecule has 0 aromatic carbocycles. The van der Waals surface area contributed by atoms with Crippen LogP contribution in [-0.4, -0.2) is 18.4 Å². The van der Waals surface area contributed by atoms with Gasteiger partial charge in [0.2, 0.25) is 0 Å². The van der Waals surface area contributed by atoms with E-state index in [9.17, 15) is 13.6 Å². The summed E-state index contributed by atoms with van der Waals surface area (Å²) in [6.45, 7) is 5.60. The topological polar surface area (TPSA) is 29.1 Å². The van der Waals surface area contributed by atoms with Gasteiger partial charge in [-0.2, -0.15) is 8.78 Å². The number of rotatable bonds is 4. The fraction of sp³-hybridized carbons (Fsp3) is 0.875. The van der Waals surface area contributed by atoms with Gasteiger partial charge in [-0.15, -0.1) is 0 Å². The maximum Gasteiger partial charge on any atom is 0.315 e. The molecule has 0 spiro atoms. The van der Waals surface area contributed by atoms with E-state index < -0.39 is 12.3 Å². The lowest BCUT2D eigenvalue weighted by Crippen LogP contribution is -2.40. The highest BCUT2D eigenvalue weighted by Crippen LogP contribution is 2.07. The van der Waals surface area contributed by atoms with Crippen molar-refractivity contribution >= 4 is 5.91 Å². The Morgan fingerprint density at radius 2 is 1.92 bits per heavy atom. The van der Waals surface area contributed by atoms with Crippen LogP contribution >= 0.6 is 0 Å². The Morgan fingerprint density at radius 3 is 2.25 bits per heavy atom. The monoisotopic (exact) mass is 179 g/mol. The highest BCUT2D eigenvalue weighted by atomic mass is 19.3. The minimum Gasteiger partial charge on any atom is -0.348 e. The molecule has 0 aliphatic rings. The minimum absolute atomic E-state index is 0.184. The molecule has 2 atom stereocenters. The highest BCUT2D eigenvalue weighted by molar-refractivity contribution is 5.79. The van der Waals surface area contributed by atoms with Crippen molar-refractivity contribution in [2.24, 2.45) is 5.92 Å². The van der Waals surface area contributed by atoms with Gasteiger partial charge in [0, 0.05) is 6.04 Å². The summed E-state index contributed by atoms with van der Waals surface area (Å²) in [7, 11) is 0. The molecule has 0 rings (SSSR count). The Hall–Kier alpha value is -0.670. The number of alkyl halides is 2. The van der Waals surface area contributed by atoms with Crippen molar-refractivity contribution < 1.29 is 13.6 Å². The van der Waals surface area contributed by atoms with Crippen LogP contribution in [0.2, 0.25) is 0 Å². The maximum atomic E-state index is 11.7. The van der Waals surface area contributed by atoms with Crippen LogP contribution in [0.1, 0.15) is 27.2 Å². The quantitative estimate of drug-likeness (QED) is 0.700. The van der Waals surface area contributed by atoms with Gasteiger partial charge in [0.15, 0.2) is 0 Å². The SMILES string of the molecule is CCC(C)C(C)NC(=O)C(F)F. The first-order chi connectivity index (χ1) is 5.49. The minimum atomic E-state index is -2.91. The van der Waals surface area contributed by atoms with Gasteiger partial charge in [-0.05, 0) is 12.8 Å². The molecule has 0 radical (unpaired) electrons. The largest absolute Gasteiger partial charge is 0.348 e. The molecule has 12 heavy (non-hydrogen) atoms. The smallest absolute Gasteiger partial charge is 0.315 e. The van der Waals surface area contributed by atoms with Crippen LogP contribution in [0.5, 0.6) is 0 Å². The van der Waals surface area contributed by atoms with Crippen LogP contribution in [0.4, 0.5) is 8.78 Å². The van der Waals surface area contributed by atoms with Crippen LogP contribution in [0, 0.1) is 5.92 Å². The number of halogens is 2. The van der Waals surface area contributed by atoms with Crippen molar-refractivity contribution in [3.63, 3.8) is 0 Å². The second kappa shape index (κ2) is 5.06. The second-order valence-electron chi connectivity index (χ2n) is 2.98. The summed E-state index contributed by atoms with van der Waals surface area (Å²) in [5, 5.41) is 2.24. The first-order valence-corrected chi connectivity index (χ1v) is 4.07. The summed E-state index contributed by atoms with van der Waals surface area (Å²) in [5.41, 5.74) is 0. The van der Waals surface area contributed by atoms with E-state index in [1.807, 2.05) is 13.8 Å². The number of nitrogens with one attached hydrogen (secondary N) is 1. The highest BCUT2D eigenvalue weighted by Gasteiger charge is 2.19. The molecule has 72 valence electrons. The summed E-state index contributed by atoms with van der Waals surface area (Å²) < 4.78 is 23.5. The van der Waals surface area contributed by atoms with Crippen LogP contribution in [-0.2, 0) is 4.79 Å². The van der Waals surface area contributed by atoms with E-state index in [1.54, 1.807) is 6.92 Å². The second-order valence-corrected chi connectivity index (χ2v) is 2.98. The molecule has 1 amide bonds. The molecule has 0 heterocycles. The molecule has 2 nitrogen and oxygen atoms in total. The van der Waals surface area contributed by atoms with Gasteiger partial charge < -0.3 is 5.32 Å². The Bertz CT molecular complexity index is 150. The summed E-state index contributed by atoms with van der Waals surface area (Å²) in [6.07, 6.45) is -2.04. The Labute approximate surface area is 71.3 Å². The van der Waals surface area contributed by atoms with Crippen LogP contribution in [0.15, 0.2) is 0 Å². The van der Waals surface area contributed by atoms with Gasteiger partial charge in [0.25, 0.3) is 5.91 Å². The number of carbonyl (C=O) groups excluding carboxylic acids is 1. The van der Waals surface area contributed by atoms with Crippen LogP contribution in [0.3, 0.4) is 0 Å². The predicted octanol–water partition coefficient (Wildman–Crippen LogP) is 1.80. The van der Waals surface area contributed by atoms with E-state index in [4.69, 9.17) is 0 Å². The average Bonchev–Trinajstić information content (AvgIpc) is 2.02. The summed E-state index contributed by atoms with van der Waals surface area (Å²) in [4.78, 5) is 10.5. The van der Waals surface area contributed by atoms with E-state index in [-0.39, 0.29) is 12.0 Å². The molecule has 0 aromatic rings. The van der Waals surface area contributed by atoms with E-state index in [2.05, 4.69) is 5.32 Å². The van der Waals surface area contributed by atoms with Gasteiger partial charge in [-0.1, -0.05) is 20.3 Å². The Balaban J connectivity index is 3.83. The first-order valence-electron chi connectivity index (χ1n) is 4.07. The lowest BCUT2D eigenvalue weighted by Gasteiger charge is -2.19. The lowest BCUT2D eigenvalue weighted by atomic mass is 10.0. The third-order valence-electron chi connectivity index (χ3n) is 2.07. The van der Waals surface area contributed by atoms with Crippen molar-refractivity contribution in [2.75, 3.05) is 0 Å². The molecule has 0 fully saturated rings. The summed E-state index contributed by atoms with van der Waals surface area (Å²) >= 11 is 0. The maximum absolute atomic E-state index is 11.7. The van der Waals surface area contributed by atoms with Gasteiger partial charge in [-0.25, -0.2) is 0 Å². The van der Waals surface area contributed by atoms with Gasteiger partial charge in [0.05, 0.1) is 0 Å². The fourth-order valence-electron chi connectivity index (χ4n) is 0.783. The molecule has 4 heteroatoms. The van der Waals surface area contributed by atoms with E-state index in [0.717, 1.165) is 6.42 Å². The fourth-order valence-corrected chi connectivity index (χ4v) is 0.783. The van der Waals surface area contributed by atoms with Crippen molar-refractivity contribution in [3.8, 4) is 0 Å². The molecule has 1 N–H and O–H groups in total. The standard InChI is InChI=1S/C8H15F2NO/c1-4-5(2)6(3)11-8(12)7(9)10/h5-7H,4H2,1-3H3,(H,11,12). The summed E-state index contributed by atoms with van der Waals surface area (Å²) in [5.74, 6) is -0.949. The molecule has 0 bridgehead atoms. The number of amides is 1. The van der Waals surface area contributed by atoms with Crippen molar-refractivity contribution in [3.05, 3.63) is 0 Å². The number of carbonyl (C=O) groups is 1. The third kappa shape index (κ3) is 3.64. The molecular weight excluding hydrogens is 164 g/mol. The Kier molecular flexibility index (Phi) is 4.78. The van der Waals surface area contributed by atoms with E-state index in [0.29, 0.717) is 0 Å². The zero-order chi connectivity index (χ0) is 9.72. The van der Waals surface area contributed by atoms with E-state index in [1.165, 1.54) is 0 Å². The summed E-state index contributed by atoms with van der Waals surface area (Å²) in [6, 6.07) is -0.184. The lowest BCUT2D eigenvalue weighted by molar-refractivity contribution is -0.132. The first kappa shape index (κ1) is 11.3. The van der Waals surface area contributed by atoms with Crippen molar-refractivity contribution in [1.29, 1.82) is 0 Å². The Morgan fingerprint density at radius 1 is 1.42 bits per heavy atom. The zero-order valence-electron chi connectivity index (χ0n) is 7.60. The molecular formula is C8H15F2NO. The molecule has 2 unspecified atom stereocenters.